The molecule has 0 spiro atoms. The first-order valence-electron chi connectivity index (χ1n) is 6.34. The van der Waals surface area contributed by atoms with Gasteiger partial charge in [-0.15, -0.1) is 0 Å². The molecule has 2 fully saturated rings. The number of nitrogens with zero attached hydrogens (tertiary/aromatic N) is 1. The lowest BCUT2D eigenvalue weighted by Crippen LogP contribution is -2.38. The Balaban J connectivity index is 1.72. The van der Waals surface area contributed by atoms with Crippen molar-refractivity contribution in [3.05, 3.63) is 0 Å². The van der Waals surface area contributed by atoms with Crippen molar-refractivity contribution < 1.29 is 4.74 Å². The number of hydrogen-bond acceptors (Lipinski definition) is 3. The van der Waals surface area contributed by atoms with Gasteiger partial charge in [-0.2, -0.15) is 0 Å². The third-order valence-corrected chi connectivity index (χ3v) is 3.60. The fourth-order valence-corrected chi connectivity index (χ4v) is 2.47. The van der Waals surface area contributed by atoms with Crippen LogP contribution in [0.2, 0.25) is 0 Å². The molecule has 15 heavy (non-hydrogen) atoms. The van der Waals surface area contributed by atoms with Crippen LogP contribution in [0.4, 0.5) is 0 Å². The molecule has 0 atom stereocenters. The summed E-state index contributed by atoms with van der Waals surface area (Å²) >= 11 is 0. The Morgan fingerprint density at radius 1 is 1.20 bits per heavy atom. The zero-order valence-electron chi connectivity index (χ0n) is 9.87. The van der Waals surface area contributed by atoms with E-state index in [2.05, 4.69) is 10.2 Å². The maximum absolute atomic E-state index is 5.19. The molecular formula is C12H24N2O. The van der Waals surface area contributed by atoms with Gasteiger partial charge in [0.15, 0.2) is 0 Å². The van der Waals surface area contributed by atoms with Crippen LogP contribution in [0, 0.1) is 5.92 Å². The van der Waals surface area contributed by atoms with Crippen LogP contribution in [0.5, 0.6) is 0 Å². The van der Waals surface area contributed by atoms with Gasteiger partial charge < -0.3 is 10.1 Å². The van der Waals surface area contributed by atoms with Gasteiger partial charge >= 0.3 is 0 Å². The molecule has 1 saturated heterocycles. The molecule has 1 aliphatic carbocycles. The summed E-state index contributed by atoms with van der Waals surface area (Å²) in [5, 5.41) is 3.43. The first kappa shape index (κ1) is 11.4. The number of rotatable bonds is 6. The maximum Gasteiger partial charge on any atom is 0.0589 e. The van der Waals surface area contributed by atoms with Gasteiger partial charge in [0.1, 0.15) is 0 Å². The van der Waals surface area contributed by atoms with Gasteiger partial charge in [-0.1, -0.05) is 0 Å². The highest BCUT2D eigenvalue weighted by Crippen LogP contribution is 2.28. The van der Waals surface area contributed by atoms with Crippen LogP contribution >= 0.6 is 0 Å². The highest BCUT2D eigenvalue weighted by Gasteiger charge is 2.30. The largest absolute Gasteiger partial charge is 0.383 e. The standard InChI is InChI=1S/C12H24N2O/c1-15-9-8-14(12-2-3-12)10-11-4-6-13-7-5-11/h11-13H,2-10H2,1H3. The second kappa shape index (κ2) is 5.83. The number of nitrogens with one attached hydrogen (secondary N) is 1. The highest BCUT2D eigenvalue weighted by molar-refractivity contribution is 4.86. The van der Waals surface area contributed by atoms with Crippen LogP contribution in [0.3, 0.4) is 0 Å². The predicted octanol–water partition coefficient (Wildman–Crippen LogP) is 1.10. The molecule has 88 valence electrons. The third kappa shape index (κ3) is 3.74. The normalized spacial score (nSPS) is 23.6. The molecular weight excluding hydrogens is 188 g/mol. The third-order valence-electron chi connectivity index (χ3n) is 3.60. The summed E-state index contributed by atoms with van der Waals surface area (Å²) in [5.41, 5.74) is 0. The molecule has 0 unspecified atom stereocenters. The van der Waals surface area contributed by atoms with E-state index in [0.29, 0.717) is 0 Å². The summed E-state index contributed by atoms with van der Waals surface area (Å²) in [7, 11) is 1.80. The fraction of sp³-hybridized carbons (Fsp3) is 1.00. The van der Waals surface area contributed by atoms with Gasteiger partial charge in [0.05, 0.1) is 6.61 Å². The second-order valence-electron chi connectivity index (χ2n) is 4.91. The molecule has 0 aromatic heterocycles. The van der Waals surface area contributed by atoms with E-state index in [0.717, 1.165) is 25.1 Å². The number of piperidine rings is 1. The van der Waals surface area contributed by atoms with Crippen LogP contribution < -0.4 is 5.32 Å². The van der Waals surface area contributed by atoms with Gasteiger partial charge in [-0.25, -0.2) is 0 Å². The Morgan fingerprint density at radius 2 is 1.93 bits per heavy atom. The van der Waals surface area contributed by atoms with Crippen molar-refractivity contribution in [3.8, 4) is 0 Å². The van der Waals surface area contributed by atoms with Crippen LogP contribution in [-0.4, -0.2) is 50.8 Å². The fourth-order valence-electron chi connectivity index (χ4n) is 2.47. The molecule has 3 nitrogen and oxygen atoms in total. The molecule has 1 saturated carbocycles. The molecule has 1 heterocycles. The monoisotopic (exact) mass is 212 g/mol. The first-order chi connectivity index (χ1) is 7.40. The smallest absolute Gasteiger partial charge is 0.0589 e. The predicted molar refractivity (Wildman–Crippen MR) is 62.1 cm³/mol. The lowest BCUT2D eigenvalue weighted by atomic mass is 9.97. The van der Waals surface area contributed by atoms with Crippen LogP contribution in [0.15, 0.2) is 0 Å². The quantitative estimate of drug-likeness (QED) is 0.713. The topological polar surface area (TPSA) is 24.5 Å². The maximum atomic E-state index is 5.19. The summed E-state index contributed by atoms with van der Waals surface area (Å²) in [5.74, 6) is 0.920. The highest BCUT2D eigenvalue weighted by atomic mass is 16.5. The van der Waals surface area contributed by atoms with E-state index >= 15 is 0 Å². The summed E-state index contributed by atoms with van der Waals surface area (Å²) in [6, 6.07) is 0.884. The van der Waals surface area contributed by atoms with Crippen molar-refractivity contribution in [2.45, 2.75) is 31.7 Å². The van der Waals surface area contributed by atoms with Crippen molar-refractivity contribution in [3.63, 3.8) is 0 Å². The Morgan fingerprint density at radius 3 is 2.53 bits per heavy atom. The Hall–Kier alpha value is -0.120. The van der Waals surface area contributed by atoms with E-state index in [-0.39, 0.29) is 0 Å². The van der Waals surface area contributed by atoms with Gasteiger partial charge in [-0.3, -0.25) is 4.90 Å². The minimum absolute atomic E-state index is 0.884. The van der Waals surface area contributed by atoms with E-state index in [1.54, 1.807) is 7.11 Å². The van der Waals surface area contributed by atoms with E-state index in [9.17, 15) is 0 Å². The number of methoxy groups -OCH3 is 1. The van der Waals surface area contributed by atoms with Crippen molar-refractivity contribution in [2.75, 3.05) is 39.9 Å². The van der Waals surface area contributed by atoms with E-state index in [4.69, 9.17) is 4.74 Å². The van der Waals surface area contributed by atoms with E-state index in [1.165, 1.54) is 45.3 Å². The Labute approximate surface area is 93.2 Å². The van der Waals surface area contributed by atoms with Crippen LogP contribution in [0.25, 0.3) is 0 Å². The number of ether oxygens (including phenoxy) is 1. The number of hydrogen-bond donors (Lipinski definition) is 1. The minimum Gasteiger partial charge on any atom is -0.383 e. The molecule has 1 N–H and O–H groups in total. The molecule has 0 radical (unpaired) electrons. The van der Waals surface area contributed by atoms with Crippen molar-refractivity contribution in [1.29, 1.82) is 0 Å². The van der Waals surface area contributed by atoms with E-state index < -0.39 is 0 Å². The zero-order valence-corrected chi connectivity index (χ0v) is 9.87. The molecule has 0 amide bonds. The van der Waals surface area contributed by atoms with Gasteiger partial charge in [0, 0.05) is 26.2 Å². The Bertz CT molecular complexity index is 176. The SMILES string of the molecule is COCCN(CC1CCNCC1)C1CC1. The molecule has 1 aliphatic heterocycles. The van der Waals surface area contributed by atoms with Crippen molar-refractivity contribution in [2.24, 2.45) is 5.92 Å². The summed E-state index contributed by atoms with van der Waals surface area (Å²) in [4.78, 5) is 2.65. The summed E-state index contributed by atoms with van der Waals surface area (Å²) in [6.45, 7) is 5.75. The van der Waals surface area contributed by atoms with Gasteiger partial charge in [-0.05, 0) is 44.7 Å². The van der Waals surface area contributed by atoms with Crippen LogP contribution in [0.1, 0.15) is 25.7 Å². The van der Waals surface area contributed by atoms with Crippen LogP contribution in [-0.2, 0) is 4.74 Å². The zero-order chi connectivity index (χ0) is 10.5. The average molecular weight is 212 g/mol. The minimum atomic E-state index is 0.884. The van der Waals surface area contributed by atoms with Gasteiger partial charge in [0.25, 0.3) is 0 Å². The summed E-state index contributed by atoms with van der Waals surface area (Å²) in [6.07, 6.45) is 5.54. The molecule has 2 rings (SSSR count). The first-order valence-corrected chi connectivity index (χ1v) is 6.34. The summed E-state index contributed by atoms with van der Waals surface area (Å²) < 4.78 is 5.19. The molecule has 0 aromatic carbocycles. The average Bonchev–Trinajstić information content (AvgIpc) is 3.09. The van der Waals surface area contributed by atoms with Crippen molar-refractivity contribution >= 4 is 0 Å². The lowest BCUT2D eigenvalue weighted by molar-refractivity contribution is 0.125. The lowest BCUT2D eigenvalue weighted by Gasteiger charge is -2.30. The van der Waals surface area contributed by atoms with Gasteiger partial charge in [0.2, 0.25) is 0 Å². The molecule has 3 heteroatoms. The molecule has 2 aliphatic rings. The van der Waals surface area contributed by atoms with E-state index in [1.807, 2.05) is 0 Å². The molecule has 0 aromatic rings. The molecule has 0 bridgehead atoms. The van der Waals surface area contributed by atoms with Crippen molar-refractivity contribution in [1.82, 2.24) is 10.2 Å². The second-order valence-corrected chi connectivity index (χ2v) is 4.91. The Kier molecular flexibility index (Phi) is 4.42.